The summed E-state index contributed by atoms with van der Waals surface area (Å²) in [6.07, 6.45) is 0.321. The van der Waals surface area contributed by atoms with Crippen LogP contribution in [0.25, 0.3) is 0 Å². The first-order chi connectivity index (χ1) is 16.4. The number of benzene rings is 2. The van der Waals surface area contributed by atoms with E-state index < -0.39 is 28.7 Å². The zero-order valence-electron chi connectivity index (χ0n) is 20.5. The van der Waals surface area contributed by atoms with Gasteiger partial charge in [0.05, 0.1) is 5.69 Å². The molecule has 0 saturated heterocycles. The quantitative estimate of drug-likeness (QED) is 0.465. The summed E-state index contributed by atoms with van der Waals surface area (Å²) in [5.41, 5.74) is 0.917. The van der Waals surface area contributed by atoms with Crippen LogP contribution in [0.4, 0.5) is 5.69 Å². The molecular formula is C24H32Cl2N4O4S. The number of halogens is 2. The second kappa shape index (κ2) is 12.6. The van der Waals surface area contributed by atoms with E-state index in [0.717, 1.165) is 8.61 Å². The summed E-state index contributed by atoms with van der Waals surface area (Å²) in [7, 11) is -1.21. The lowest BCUT2D eigenvalue weighted by Gasteiger charge is -2.34. The van der Waals surface area contributed by atoms with Gasteiger partial charge in [0.25, 0.3) is 0 Å². The summed E-state index contributed by atoms with van der Waals surface area (Å²) in [4.78, 5) is 28.1. The van der Waals surface area contributed by atoms with Crippen LogP contribution in [0.3, 0.4) is 0 Å². The van der Waals surface area contributed by atoms with E-state index in [1.165, 1.54) is 19.0 Å². The average molecular weight is 544 g/mol. The number of para-hydroxylation sites is 1. The van der Waals surface area contributed by atoms with Gasteiger partial charge in [0.1, 0.15) is 12.6 Å². The molecule has 0 aromatic heterocycles. The lowest BCUT2D eigenvalue weighted by atomic mass is 10.1. The number of nitrogens with one attached hydrogen (secondary N) is 1. The van der Waals surface area contributed by atoms with Crippen molar-refractivity contribution in [3.8, 4) is 0 Å². The third kappa shape index (κ3) is 7.57. The topological polar surface area (TPSA) is 90.0 Å². The molecule has 0 unspecified atom stereocenters. The van der Waals surface area contributed by atoms with Crippen molar-refractivity contribution in [3.63, 3.8) is 0 Å². The molecule has 11 heteroatoms. The molecule has 8 nitrogen and oxygen atoms in total. The number of hydrogen-bond acceptors (Lipinski definition) is 4. The number of nitrogens with zero attached hydrogens (tertiary/aromatic N) is 3. The lowest BCUT2D eigenvalue weighted by Crippen LogP contribution is -2.54. The monoisotopic (exact) mass is 542 g/mol. The van der Waals surface area contributed by atoms with Crippen molar-refractivity contribution >= 4 is 50.9 Å². The van der Waals surface area contributed by atoms with Gasteiger partial charge >= 0.3 is 10.2 Å². The minimum Gasteiger partial charge on any atom is -0.352 e. The van der Waals surface area contributed by atoms with Crippen LogP contribution < -0.4 is 9.62 Å². The number of hydrogen-bond donors (Lipinski definition) is 1. The molecule has 1 atom stereocenters. The fourth-order valence-corrected chi connectivity index (χ4v) is 4.97. The van der Waals surface area contributed by atoms with Gasteiger partial charge in [0, 0.05) is 36.7 Å². The Kier molecular flexibility index (Phi) is 10.4. The molecule has 35 heavy (non-hydrogen) atoms. The van der Waals surface area contributed by atoms with Crippen molar-refractivity contribution in [2.45, 2.75) is 45.8 Å². The minimum absolute atomic E-state index is 0.00347. The van der Waals surface area contributed by atoms with Crippen LogP contribution in [0.15, 0.2) is 48.5 Å². The maximum absolute atomic E-state index is 13.7. The normalized spacial score (nSPS) is 12.5. The minimum atomic E-state index is -4.00. The molecule has 0 aliphatic carbocycles. The third-order valence-electron chi connectivity index (χ3n) is 5.24. The number of anilines is 1. The smallest absolute Gasteiger partial charge is 0.304 e. The van der Waals surface area contributed by atoms with Crippen molar-refractivity contribution in [2.24, 2.45) is 0 Å². The molecule has 0 bridgehead atoms. The van der Waals surface area contributed by atoms with E-state index in [0.29, 0.717) is 27.7 Å². The first-order valence-corrected chi connectivity index (χ1v) is 13.3. The first kappa shape index (κ1) is 28.9. The fraction of sp³-hybridized carbons (Fsp3) is 0.417. The summed E-state index contributed by atoms with van der Waals surface area (Å²) in [6, 6.07) is 12.3. The molecule has 1 N–H and O–H groups in total. The Labute approximate surface area is 218 Å². The molecule has 2 aromatic rings. The maximum Gasteiger partial charge on any atom is 0.304 e. The van der Waals surface area contributed by atoms with Crippen molar-refractivity contribution in [2.75, 3.05) is 24.9 Å². The molecule has 2 rings (SSSR count). The Bertz CT molecular complexity index is 1130. The van der Waals surface area contributed by atoms with E-state index in [1.807, 2.05) is 13.8 Å². The number of carbonyl (C=O) groups excluding carboxylic acids is 2. The molecule has 2 aromatic carbocycles. The zero-order chi connectivity index (χ0) is 26.3. The Morgan fingerprint density at radius 2 is 1.66 bits per heavy atom. The first-order valence-electron chi connectivity index (χ1n) is 11.2. The van der Waals surface area contributed by atoms with Crippen molar-refractivity contribution in [1.29, 1.82) is 0 Å². The fourth-order valence-electron chi connectivity index (χ4n) is 3.44. The van der Waals surface area contributed by atoms with Gasteiger partial charge < -0.3 is 10.2 Å². The van der Waals surface area contributed by atoms with Gasteiger partial charge in [-0.2, -0.15) is 12.7 Å². The second-order valence-electron chi connectivity index (χ2n) is 8.48. The van der Waals surface area contributed by atoms with Gasteiger partial charge in [-0.1, -0.05) is 54.4 Å². The second-order valence-corrected chi connectivity index (χ2v) is 11.4. The highest BCUT2D eigenvalue weighted by Gasteiger charge is 2.34. The van der Waals surface area contributed by atoms with Gasteiger partial charge in [-0.05, 0) is 50.1 Å². The van der Waals surface area contributed by atoms with Gasteiger partial charge in [-0.25, -0.2) is 4.31 Å². The SMILES string of the molecule is CC[C@@H](C(=O)NC(C)C)N(Cc1ccc(Cl)cc1Cl)C(=O)CN(c1ccccc1)S(=O)(=O)N(C)C. The van der Waals surface area contributed by atoms with Crippen LogP contribution >= 0.6 is 23.2 Å². The highest BCUT2D eigenvalue weighted by Crippen LogP contribution is 2.25. The van der Waals surface area contributed by atoms with Crippen molar-refractivity contribution < 1.29 is 18.0 Å². The Balaban J connectivity index is 2.51. The maximum atomic E-state index is 13.7. The number of amides is 2. The van der Waals surface area contributed by atoms with Crippen molar-refractivity contribution in [1.82, 2.24) is 14.5 Å². The van der Waals surface area contributed by atoms with E-state index in [4.69, 9.17) is 23.2 Å². The number of rotatable bonds is 11. The summed E-state index contributed by atoms with van der Waals surface area (Å²) in [5.74, 6) is -0.876. The standard InChI is InChI=1S/C24H32Cl2N4O4S/c1-6-22(24(32)27-17(2)3)29(15-18-12-13-19(25)14-21(18)26)23(31)16-30(35(33,34)28(4)5)20-10-8-7-9-11-20/h7-14,17,22H,6,15-16H2,1-5H3,(H,27,32)/t22-/m0/s1. The van der Waals surface area contributed by atoms with Gasteiger partial charge in [-0.3, -0.25) is 9.59 Å². The van der Waals surface area contributed by atoms with Crippen LogP contribution in [0.5, 0.6) is 0 Å². The molecule has 2 amide bonds. The van der Waals surface area contributed by atoms with Crippen LogP contribution in [0, 0.1) is 0 Å². The summed E-state index contributed by atoms with van der Waals surface area (Å²) in [5, 5.41) is 3.63. The van der Waals surface area contributed by atoms with Gasteiger partial charge in [0.15, 0.2) is 0 Å². The molecule has 0 heterocycles. The Morgan fingerprint density at radius 1 is 1.03 bits per heavy atom. The molecule has 192 valence electrons. The largest absolute Gasteiger partial charge is 0.352 e. The summed E-state index contributed by atoms with van der Waals surface area (Å²) in [6.45, 7) is 4.95. The summed E-state index contributed by atoms with van der Waals surface area (Å²) >= 11 is 12.4. The molecule has 0 spiro atoms. The van der Waals surface area contributed by atoms with Crippen LogP contribution in [-0.4, -0.2) is 62.2 Å². The van der Waals surface area contributed by atoms with Gasteiger partial charge in [0.2, 0.25) is 11.8 Å². The lowest BCUT2D eigenvalue weighted by molar-refractivity contribution is -0.140. The number of carbonyl (C=O) groups is 2. The van der Waals surface area contributed by atoms with Crippen LogP contribution in [-0.2, 0) is 26.3 Å². The Morgan fingerprint density at radius 3 is 2.17 bits per heavy atom. The highest BCUT2D eigenvalue weighted by molar-refractivity contribution is 7.90. The highest BCUT2D eigenvalue weighted by atomic mass is 35.5. The molecule has 0 radical (unpaired) electrons. The van der Waals surface area contributed by atoms with E-state index in [1.54, 1.807) is 55.5 Å². The van der Waals surface area contributed by atoms with Crippen molar-refractivity contribution in [3.05, 3.63) is 64.1 Å². The predicted octanol–water partition coefficient (Wildman–Crippen LogP) is 3.94. The van der Waals surface area contributed by atoms with E-state index in [-0.39, 0.29) is 18.5 Å². The van der Waals surface area contributed by atoms with E-state index in [2.05, 4.69) is 5.32 Å². The summed E-state index contributed by atoms with van der Waals surface area (Å²) < 4.78 is 28.3. The predicted molar refractivity (Wildman–Crippen MR) is 141 cm³/mol. The zero-order valence-corrected chi connectivity index (χ0v) is 22.9. The molecule has 0 aliphatic heterocycles. The van der Waals surface area contributed by atoms with Gasteiger partial charge in [-0.15, -0.1) is 0 Å². The Hall–Kier alpha value is -2.33. The third-order valence-corrected chi connectivity index (χ3v) is 7.64. The molecule has 0 aliphatic rings. The molecular weight excluding hydrogens is 511 g/mol. The molecule has 0 fully saturated rings. The van der Waals surface area contributed by atoms with E-state index in [9.17, 15) is 18.0 Å². The van der Waals surface area contributed by atoms with E-state index >= 15 is 0 Å². The average Bonchev–Trinajstić information content (AvgIpc) is 2.78. The molecule has 0 saturated carbocycles. The van der Waals surface area contributed by atoms with Crippen LogP contribution in [0.2, 0.25) is 10.0 Å². The van der Waals surface area contributed by atoms with Crippen LogP contribution in [0.1, 0.15) is 32.8 Å².